The van der Waals surface area contributed by atoms with E-state index in [-0.39, 0.29) is 12.1 Å². The average Bonchev–Trinajstić information content (AvgIpc) is 2.17. The van der Waals surface area contributed by atoms with E-state index in [0.29, 0.717) is 11.8 Å². The highest BCUT2D eigenvalue weighted by Gasteiger charge is 2.28. The molecule has 4 nitrogen and oxygen atoms in total. The summed E-state index contributed by atoms with van der Waals surface area (Å²) in [5, 5.41) is 6.43. The van der Waals surface area contributed by atoms with Gasteiger partial charge in [-0.2, -0.15) is 0 Å². The third kappa shape index (κ3) is 5.71. The highest BCUT2D eigenvalue weighted by Crippen LogP contribution is 2.20. The molecule has 0 aromatic rings. The zero-order valence-electron chi connectivity index (χ0n) is 12.4. The van der Waals surface area contributed by atoms with Gasteiger partial charge in [0.25, 0.3) is 0 Å². The Morgan fingerprint density at radius 3 is 2.67 bits per heavy atom. The van der Waals surface area contributed by atoms with Gasteiger partial charge in [-0.25, -0.2) is 4.79 Å². The van der Waals surface area contributed by atoms with Gasteiger partial charge in [0.2, 0.25) is 0 Å². The van der Waals surface area contributed by atoms with Gasteiger partial charge in [0, 0.05) is 6.04 Å². The molecule has 106 valence electrons. The lowest BCUT2D eigenvalue weighted by Gasteiger charge is -2.34. The fourth-order valence-corrected chi connectivity index (χ4v) is 2.43. The number of alkyl carbamates (subject to hydrolysis) is 1. The Morgan fingerprint density at radius 1 is 1.44 bits per heavy atom. The molecule has 1 aliphatic rings. The number of carbonyl (C=O) groups is 1. The fraction of sp³-hybridized carbons (Fsp3) is 0.929. The number of hydrogen-bond acceptors (Lipinski definition) is 3. The molecule has 4 heteroatoms. The summed E-state index contributed by atoms with van der Waals surface area (Å²) in [5.74, 6) is 1.16. The minimum absolute atomic E-state index is 0.239. The Balaban J connectivity index is 2.48. The van der Waals surface area contributed by atoms with E-state index < -0.39 is 5.60 Å². The summed E-state index contributed by atoms with van der Waals surface area (Å²) < 4.78 is 5.32. The normalized spacial score (nSPS) is 25.0. The quantitative estimate of drug-likeness (QED) is 0.816. The molecule has 1 amide bonds. The van der Waals surface area contributed by atoms with Crippen molar-refractivity contribution in [2.24, 2.45) is 11.8 Å². The van der Waals surface area contributed by atoms with E-state index in [0.717, 1.165) is 25.9 Å². The molecule has 0 aromatic heterocycles. The summed E-state index contributed by atoms with van der Waals surface area (Å²) in [6.07, 6.45) is 1.83. The Kier molecular flexibility index (Phi) is 5.45. The zero-order chi connectivity index (χ0) is 13.8. The summed E-state index contributed by atoms with van der Waals surface area (Å²) in [6, 6.07) is 0.239. The van der Waals surface area contributed by atoms with Crippen LogP contribution < -0.4 is 10.6 Å². The molecule has 0 unspecified atom stereocenters. The van der Waals surface area contributed by atoms with Crippen molar-refractivity contribution >= 4 is 6.09 Å². The second-order valence-corrected chi connectivity index (χ2v) is 6.64. The van der Waals surface area contributed by atoms with Crippen LogP contribution in [0.2, 0.25) is 0 Å². The lowest BCUT2D eigenvalue weighted by Crippen LogP contribution is -2.50. The van der Waals surface area contributed by atoms with Crippen molar-refractivity contribution in [1.29, 1.82) is 0 Å². The molecule has 2 N–H and O–H groups in total. The van der Waals surface area contributed by atoms with Crippen LogP contribution >= 0.6 is 0 Å². The highest BCUT2D eigenvalue weighted by atomic mass is 16.6. The molecule has 2 atom stereocenters. The summed E-state index contributed by atoms with van der Waals surface area (Å²) in [7, 11) is 0. The van der Waals surface area contributed by atoms with E-state index in [1.807, 2.05) is 20.8 Å². The number of hydrogen-bond donors (Lipinski definition) is 2. The Labute approximate surface area is 111 Å². The van der Waals surface area contributed by atoms with Crippen molar-refractivity contribution in [2.75, 3.05) is 13.1 Å². The molecule has 0 spiro atoms. The highest BCUT2D eigenvalue weighted by molar-refractivity contribution is 5.68. The number of nitrogens with one attached hydrogen (secondary N) is 2. The van der Waals surface area contributed by atoms with Crippen LogP contribution in [0.5, 0.6) is 0 Å². The molecule has 0 aliphatic carbocycles. The maximum atomic E-state index is 11.8. The van der Waals surface area contributed by atoms with E-state index in [9.17, 15) is 4.79 Å². The van der Waals surface area contributed by atoms with Crippen molar-refractivity contribution in [2.45, 2.75) is 59.1 Å². The molecule has 18 heavy (non-hydrogen) atoms. The largest absolute Gasteiger partial charge is 0.444 e. The van der Waals surface area contributed by atoms with E-state index in [1.165, 1.54) is 0 Å². The zero-order valence-corrected chi connectivity index (χ0v) is 12.4. The lowest BCUT2D eigenvalue weighted by molar-refractivity contribution is 0.0468. The predicted octanol–water partition coefficient (Wildman–Crippen LogP) is 2.54. The number of amides is 1. The van der Waals surface area contributed by atoms with Crippen LogP contribution in [-0.4, -0.2) is 30.8 Å². The molecule has 0 aromatic carbocycles. The summed E-state index contributed by atoms with van der Waals surface area (Å²) in [6.45, 7) is 12.1. The molecular formula is C14H28N2O2. The second kappa shape index (κ2) is 6.41. The second-order valence-electron chi connectivity index (χ2n) is 6.64. The van der Waals surface area contributed by atoms with E-state index in [4.69, 9.17) is 4.74 Å². The molecule has 0 radical (unpaired) electrons. The Morgan fingerprint density at radius 2 is 2.11 bits per heavy atom. The van der Waals surface area contributed by atoms with Crippen LogP contribution in [0.25, 0.3) is 0 Å². The minimum Gasteiger partial charge on any atom is -0.444 e. The first-order chi connectivity index (χ1) is 8.28. The summed E-state index contributed by atoms with van der Waals surface area (Å²) >= 11 is 0. The predicted molar refractivity (Wildman–Crippen MR) is 73.6 cm³/mol. The molecular weight excluding hydrogens is 228 g/mol. The number of piperidine rings is 1. The van der Waals surface area contributed by atoms with Crippen LogP contribution in [0.15, 0.2) is 0 Å². The summed E-state index contributed by atoms with van der Waals surface area (Å²) in [4.78, 5) is 11.8. The molecule has 1 aliphatic heterocycles. The van der Waals surface area contributed by atoms with Crippen LogP contribution in [0.4, 0.5) is 4.79 Å². The van der Waals surface area contributed by atoms with Gasteiger partial charge in [-0.3, -0.25) is 0 Å². The van der Waals surface area contributed by atoms with Crippen molar-refractivity contribution in [3.8, 4) is 0 Å². The van der Waals surface area contributed by atoms with Gasteiger partial charge in [0.05, 0.1) is 0 Å². The van der Waals surface area contributed by atoms with E-state index in [2.05, 4.69) is 24.5 Å². The molecule has 1 fully saturated rings. The SMILES string of the molecule is CC(C)C[C@H]1CNCC[C@H]1NC(=O)OC(C)(C)C. The van der Waals surface area contributed by atoms with Gasteiger partial charge in [0.1, 0.15) is 5.60 Å². The van der Waals surface area contributed by atoms with Gasteiger partial charge in [-0.05, 0) is 58.5 Å². The topological polar surface area (TPSA) is 50.4 Å². The number of ether oxygens (including phenoxy) is 1. The van der Waals surface area contributed by atoms with Crippen LogP contribution in [0.1, 0.15) is 47.5 Å². The monoisotopic (exact) mass is 256 g/mol. The smallest absolute Gasteiger partial charge is 0.407 e. The third-order valence-electron chi connectivity index (χ3n) is 3.08. The van der Waals surface area contributed by atoms with E-state index >= 15 is 0 Å². The lowest BCUT2D eigenvalue weighted by atomic mass is 9.86. The van der Waals surface area contributed by atoms with Crippen LogP contribution in [0.3, 0.4) is 0 Å². The van der Waals surface area contributed by atoms with Gasteiger partial charge < -0.3 is 15.4 Å². The van der Waals surface area contributed by atoms with Gasteiger partial charge in [0.15, 0.2) is 0 Å². The molecule has 0 saturated carbocycles. The van der Waals surface area contributed by atoms with Gasteiger partial charge >= 0.3 is 6.09 Å². The average molecular weight is 256 g/mol. The fourth-order valence-electron chi connectivity index (χ4n) is 2.43. The molecule has 0 bridgehead atoms. The molecule has 1 rings (SSSR count). The maximum absolute atomic E-state index is 11.8. The number of carbonyl (C=O) groups excluding carboxylic acids is 1. The standard InChI is InChI=1S/C14H28N2O2/c1-10(2)8-11-9-15-7-6-12(11)16-13(17)18-14(3,4)5/h10-12,15H,6-9H2,1-5H3,(H,16,17)/t11-,12+/m0/s1. The first-order valence-corrected chi connectivity index (χ1v) is 6.98. The Hall–Kier alpha value is -0.770. The van der Waals surface area contributed by atoms with Crippen molar-refractivity contribution < 1.29 is 9.53 Å². The number of rotatable bonds is 3. The minimum atomic E-state index is -0.426. The van der Waals surface area contributed by atoms with Crippen molar-refractivity contribution in [3.05, 3.63) is 0 Å². The molecule has 1 heterocycles. The van der Waals surface area contributed by atoms with Crippen molar-refractivity contribution in [3.63, 3.8) is 0 Å². The first kappa shape index (κ1) is 15.3. The molecule has 1 saturated heterocycles. The van der Waals surface area contributed by atoms with Crippen LogP contribution in [0, 0.1) is 11.8 Å². The Bertz CT molecular complexity index is 271. The maximum Gasteiger partial charge on any atom is 0.407 e. The third-order valence-corrected chi connectivity index (χ3v) is 3.08. The van der Waals surface area contributed by atoms with Crippen LogP contribution in [-0.2, 0) is 4.74 Å². The van der Waals surface area contributed by atoms with E-state index in [1.54, 1.807) is 0 Å². The van der Waals surface area contributed by atoms with Crippen molar-refractivity contribution in [1.82, 2.24) is 10.6 Å². The first-order valence-electron chi connectivity index (χ1n) is 6.98. The van der Waals surface area contributed by atoms with Gasteiger partial charge in [-0.1, -0.05) is 13.8 Å². The van der Waals surface area contributed by atoms with Gasteiger partial charge in [-0.15, -0.1) is 0 Å². The summed E-state index contributed by atoms with van der Waals surface area (Å²) in [5.41, 5.74) is -0.426.